The Balaban J connectivity index is 1.04. The number of hydrogen-bond acceptors (Lipinski definition) is 3. The molecule has 8 aromatic carbocycles. The van der Waals surface area contributed by atoms with Crippen LogP contribution in [0.5, 0.6) is 0 Å². The van der Waals surface area contributed by atoms with E-state index in [1.54, 1.807) is 0 Å². The zero-order chi connectivity index (χ0) is 38.2. The van der Waals surface area contributed by atoms with Gasteiger partial charge in [0.2, 0.25) is 0 Å². The smallest absolute Gasteiger partial charge is 0.135 e. The highest BCUT2D eigenvalue weighted by Gasteiger charge is 2.40. The molecule has 2 aliphatic carbocycles. The van der Waals surface area contributed by atoms with E-state index in [4.69, 9.17) is 4.42 Å². The van der Waals surface area contributed by atoms with Crippen LogP contribution >= 0.6 is 11.3 Å². The fourth-order valence-corrected chi connectivity index (χ4v) is 11.5. The van der Waals surface area contributed by atoms with Crippen LogP contribution in [0.3, 0.4) is 0 Å². The van der Waals surface area contributed by atoms with Gasteiger partial charge in [-0.1, -0.05) is 137 Å². The summed E-state index contributed by atoms with van der Waals surface area (Å²) >= 11 is 1.93. The van der Waals surface area contributed by atoms with Crippen molar-refractivity contribution in [3.8, 4) is 33.4 Å². The van der Waals surface area contributed by atoms with Crippen LogP contribution in [0.15, 0.2) is 168 Å². The Morgan fingerprint density at radius 3 is 1.88 bits per heavy atom. The Labute approximate surface area is 336 Å². The van der Waals surface area contributed by atoms with Crippen LogP contribution in [0, 0.1) is 0 Å². The quantitative estimate of drug-likeness (QED) is 0.178. The molecule has 272 valence electrons. The Kier molecular flexibility index (Phi) is 6.65. The first kappa shape index (κ1) is 32.8. The van der Waals surface area contributed by atoms with E-state index in [9.17, 15) is 0 Å². The largest absolute Gasteiger partial charge is 0.456 e. The summed E-state index contributed by atoms with van der Waals surface area (Å²) in [6.07, 6.45) is 0. The van der Waals surface area contributed by atoms with E-state index in [-0.39, 0.29) is 10.8 Å². The van der Waals surface area contributed by atoms with Crippen molar-refractivity contribution in [3.63, 3.8) is 0 Å². The van der Waals surface area contributed by atoms with E-state index >= 15 is 0 Å². The second-order valence-electron chi connectivity index (χ2n) is 16.9. The molecule has 10 aromatic rings. The summed E-state index contributed by atoms with van der Waals surface area (Å²) < 4.78 is 9.13. The lowest BCUT2D eigenvalue weighted by Crippen LogP contribution is -2.18. The summed E-state index contributed by atoms with van der Waals surface area (Å²) in [6, 6.07) is 60.5. The van der Waals surface area contributed by atoms with E-state index < -0.39 is 0 Å². The lowest BCUT2D eigenvalue weighted by molar-refractivity contribution is 0.657. The molecule has 0 unspecified atom stereocenters. The molecule has 0 spiro atoms. The van der Waals surface area contributed by atoms with Gasteiger partial charge < -0.3 is 9.32 Å². The molecule has 2 heterocycles. The third kappa shape index (κ3) is 4.52. The van der Waals surface area contributed by atoms with Gasteiger partial charge in [-0.15, -0.1) is 11.3 Å². The van der Waals surface area contributed by atoms with Crippen molar-refractivity contribution in [1.82, 2.24) is 0 Å². The molecule has 3 heteroatoms. The summed E-state index contributed by atoms with van der Waals surface area (Å²) in [5.41, 5.74) is 18.1. The second-order valence-corrected chi connectivity index (χ2v) is 17.9. The first-order valence-electron chi connectivity index (χ1n) is 19.9. The molecule has 2 aliphatic rings. The summed E-state index contributed by atoms with van der Waals surface area (Å²) in [7, 11) is 0. The van der Waals surface area contributed by atoms with Gasteiger partial charge in [0.15, 0.2) is 0 Å². The highest BCUT2D eigenvalue weighted by Crippen LogP contribution is 2.57. The fraction of sp³-hybridized carbons (Fsp3) is 0.111. The number of anilines is 3. The van der Waals surface area contributed by atoms with E-state index in [1.165, 1.54) is 86.6 Å². The van der Waals surface area contributed by atoms with Gasteiger partial charge >= 0.3 is 0 Å². The van der Waals surface area contributed by atoms with Gasteiger partial charge in [0.25, 0.3) is 0 Å². The first-order chi connectivity index (χ1) is 27.8. The Morgan fingerprint density at radius 2 is 1.09 bits per heavy atom. The van der Waals surface area contributed by atoms with Crippen molar-refractivity contribution < 1.29 is 4.42 Å². The highest BCUT2D eigenvalue weighted by molar-refractivity contribution is 7.26. The van der Waals surface area contributed by atoms with Crippen LogP contribution in [-0.2, 0) is 10.8 Å². The normalized spacial score (nSPS) is 14.6. The van der Waals surface area contributed by atoms with Crippen molar-refractivity contribution in [2.75, 3.05) is 4.90 Å². The fourth-order valence-electron chi connectivity index (χ4n) is 10.3. The Hall–Kier alpha value is -6.42. The maximum Gasteiger partial charge on any atom is 0.135 e. The average molecular weight is 750 g/mol. The van der Waals surface area contributed by atoms with Gasteiger partial charge in [0.05, 0.1) is 0 Å². The lowest BCUT2D eigenvalue weighted by atomic mass is 9.80. The molecule has 0 saturated heterocycles. The van der Waals surface area contributed by atoms with Crippen molar-refractivity contribution in [1.29, 1.82) is 0 Å². The molecule has 0 bridgehead atoms. The van der Waals surface area contributed by atoms with Crippen LogP contribution in [-0.4, -0.2) is 0 Å². The van der Waals surface area contributed by atoms with E-state index in [1.807, 2.05) is 11.3 Å². The van der Waals surface area contributed by atoms with Gasteiger partial charge in [-0.3, -0.25) is 0 Å². The molecule has 0 aliphatic heterocycles. The van der Waals surface area contributed by atoms with Crippen molar-refractivity contribution >= 4 is 70.5 Å². The maximum atomic E-state index is 6.40. The Morgan fingerprint density at radius 1 is 0.456 bits per heavy atom. The molecule has 2 aromatic heterocycles. The van der Waals surface area contributed by atoms with Gasteiger partial charge in [-0.05, 0) is 105 Å². The summed E-state index contributed by atoms with van der Waals surface area (Å²) in [5, 5.41) is 5.11. The summed E-state index contributed by atoms with van der Waals surface area (Å²) in [5.74, 6) is 0. The number of rotatable bonds is 4. The van der Waals surface area contributed by atoms with Crippen LogP contribution in [0.4, 0.5) is 17.1 Å². The van der Waals surface area contributed by atoms with E-state index in [0.717, 1.165) is 28.2 Å². The van der Waals surface area contributed by atoms with Gasteiger partial charge in [0, 0.05) is 64.4 Å². The minimum Gasteiger partial charge on any atom is -0.456 e. The third-order valence-corrected chi connectivity index (χ3v) is 14.3. The van der Waals surface area contributed by atoms with Gasteiger partial charge in [0.1, 0.15) is 11.2 Å². The number of hydrogen-bond donors (Lipinski definition) is 0. The molecule has 57 heavy (non-hydrogen) atoms. The van der Waals surface area contributed by atoms with Gasteiger partial charge in [-0.25, -0.2) is 0 Å². The molecule has 12 rings (SSSR count). The SMILES string of the molecule is CC1(C)c2cc(N(c3ccc(-c4ccccc4)cc3)c3ccc4c(c3)C(C)(C)c3c-4ccc4oc5ccccc5c34)ccc2-c2c1ccc1c2sc2ccccc21. The molecule has 2 nitrogen and oxygen atoms in total. The van der Waals surface area contributed by atoms with Crippen molar-refractivity contribution in [3.05, 3.63) is 186 Å². The molecule has 0 N–H and O–H groups in total. The molecule has 0 radical (unpaired) electrons. The molecule has 0 fully saturated rings. The molecule has 0 atom stereocenters. The minimum absolute atomic E-state index is 0.159. The summed E-state index contributed by atoms with van der Waals surface area (Å²) in [4.78, 5) is 2.46. The van der Waals surface area contributed by atoms with E-state index in [2.05, 4.69) is 196 Å². The number of thiophene rings is 1. The highest BCUT2D eigenvalue weighted by atomic mass is 32.1. The number of fused-ring (bicyclic) bond motifs is 14. The standard InChI is InChI=1S/C54H39NOS/c1-53(2)43-28-26-40-38-14-9-11-17-48(38)57-52(40)49(43)41-25-23-36(31-45(41)53)55(34-20-18-33(19-21-34)32-12-6-5-7-13-32)35-22-24-37-39-27-29-47-50(42-15-8-10-16-46(42)56-47)51(39)54(3,4)44(37)30-35/h5-31H,1-4H3. The van der Waals surface area contributed by atoms with Crippen LogP contribution < -0.4 is 4.90 Å². The number of nitrogens with zero attached hydrogens (tertiary/aromatic N) is 1. The van der Waals surface area contributed by atoms with Crippen LogP contribution in [0.25, 0.3) is 75.5 Å². The third-order valence-electron chi connectivity index (χ3n) is 13.1. The molecule has 0 saturated carbocycles. The molecular formula is C54H39NOS. The Bertz CT molecular complexity index is 3290. The molecule has 0 amide bonds. The topological polar surface area (TPSA) is 16.4 Å². The zero-order valence-corrected chi connectivity index (χ0v) is 33.2. The van der Waals surface area contributed by atoms with Crippen molar-refractivity contribution in [2.24, 2.45) is 0 Å². The van der Waals surface area contributed by atoms with Crippen LogP contribution in [0.2, 0.25) is 0 Å². The van der Waals surface area contributed by atoms with Crippen LogP contribution in [0.1, 0.15) is 49.9 Å². The second kappa shape index (κ2) is 11.6. The predicted molar refractivity (Wildman–Crippen MR) is 242 cm³/mol. The predicted octanol–water partition coefficient (Wildman–Crippen LogP) is 15.7. The number of para-hydroxylation sites is 1. The van der Waals surface area contributed by atoms with Gasteiger partial charge in [-0.2, -0.15) is 0 Å². The maximum absolute atomic E-state index is 6.40. The molecular weight excluding hydrogens is 711 g/mol. The zero-order valence-electron chi connectivity index (χ0n) is 32.4. The lowest BCUT2D eigenvalue weighted by Gasteiger charge is -2.30. The minimum atomic E-state index is -0.243. The van der Waals surface area contributed by atoms with E-state index in [0.29, 0.717) is 0 Å². The monoisotopic (exact) mass is 749 g/mol. The first-order valence-corrected chi connectivity index (χ1v) is 20.7. The average Bonchev–Trinajstić information content (AvgIpc) is 3.94. The number of benzene rings is 8. The summed E-state index contributed by atoms with van der Waals surface area (Å²) in [6.45, 7) is 9.56. The number of furan rings is 1. The van der Waals surface area contributed by atoms with Crippen molar-refractivity contribution in [2.45, 2.75) is 38.5 Å².